The van der Waals surface area contributed by atoms with E-state index in [2.05, 4.69) is 10.2 Å². The van der Waals surface area contributed by atoms with Crippen LogP contribution in [0.3, 0.4) is 0 Å². The summed E-state index contributed by atoms with van der Waals surface area (Å²) in [6.45, 7) is 1.82. The van der Waals surface area contributed by atoms with Crippen molar-refractivity contribution in [1.82, 2.24) is 14.8 Å². The normalized spacial score (nSPS) is 11.7. The first-order valence-corrected chi connectivity index (χ1v) is 12.0. The van der Waals surface area contributed by atoms with Gasteiger partial charge in [0.2, 0.25) is 6.54 Å². The molecule has 0 unspecified atom stereocenters. The summed E-state index contributed by atoms with van der Waals surface area (Å²) in [7, 11) is 1.53. The lowest BCUT2D eigenvalue weighted by Gasteiger charge is -2.17. The summed E-state index contributed by atoms with van der Waals surface area (Å²) in [5.41, 5.74) is 2.45. The topological polar surface area (TPSA) is 92.3 Å². The Morgan fingerprint density at radius 3 is 2.51 bits per heavy atom. The Bertz CT molecular complexity index is 1320. The summed E-state index contributed by atoms with van der Waals surface area (Å²) < 4.78 is 13.4. The van der Waals surface area contributed by atoms with Gasteiger partial charge in [0, 0.05) is 21.2 Å². The van der Waals surface area contributed by atoms with Gasteiger partial charge in [0.1, 0.15) is 17.7 Å². The fourth-order valence-electron chi connectivity index (χ4n) is 3.54. The molecule has 0 bridgehead atoms. The van der Waals surface area contributed by atoms with Crippen LogP contribution in [0.2, 0.25) is 5.02 Å². The molecule has 1 atom stereocenters. The largest absolute Gasteiger partial charge is 0.493 e. The first-order valence-electron chi connectivity index (χ1n) is 10.8. The predicted molar refractivity (Wildman–Crippen MR) is 135 cm³/mol. The highest BCUT2D eigenvalue weighted by Crippen LogP contribution is 2.39. The van der Waals surface area contributed by atoms with E-state index in [0.717, 1.165) is 11.3 Å². The standard InChI is InChI=1S/C25H23ClN4O4S/c1-17-27-28-25(30(17)20-9-4-3-5-10-20)35-24(15-29(31)32)18-12-13-22(23(14-18)33-2)34-16-19-8-6-7-11-21(19)26/h3-14,24H,15-16H2,1-2H3/t24-/m1/s1. The van der Waals surface area contributed by atoms with Crippen LogP contribution < -0.4 is 9.47 Å². The van der Waals surface area contributed by atoms with Crippen molar-refractivity contribution in [3.05, 3.63) is 105 Å². The Hall–Kier alpha value is -3.56. The number of benzene rings is 3. The average Bonchev–Trinajstić information content (AvgIpc) is 3.23. The Morgan fingerprint density at radius 2 is 1.80 bits per heavy atom. The van der Waals surface area contributed by atoms with Crippen molar-refractivity contribution in [3.63, 3.8) is 0 Å². The number of nitro groups is 1. The zero-order chi connectivity index (χ0) is 24.8. The van der Waals surface area contributed by atoms with Crippen molar-refractivity contribution in [2.45, 2.75) is 23.9 Å². The molecular formula is C25H23ClN4O4S. The van der Waals surface area contributed by atoms with Crippen molar-refractivity contribution in [2.75, 3.05) is 13.7 Å². The van der Waals surface area contributed by atoms with Crippen LogP contribution in [0.5, 0.6) is 11.5 Å². The zero-order valence-electron chi connectivity index (χ0n) is 19.1. The maximum absolute atomic E-state index is 11.5. The van der Waals surface area contributed by atoms with Crippen molar-refractivity contribution in [2.24, 2.45) is 0 Å². The second-order valence-corrected chi connectivity index (χ2v) is 9.19. The van der Waals surface area contributed by atoms with Crippen molar-refractivity contribution < 1.29 is 14.4 Å². The van der Waals surface area contributed by atoms with Gasteiger partial charge in [0.25, 0.3) is 0 Å². The van der Waals surface area contributed by atoms with Crippen LogP contribution in [0.4, 0.5) is 0 Å². The smallest absolute Gasteiger partial charge is 0.220 e. The number of halogens is 1. The fraction of sp³-hybridized carbons (Fsp3) is 0.200. The van der Waals surface area contributed by atoms with Crippen LogP contribution >= 0.6 is 23.4 Å². The third-order valence-electron chi connectivity index (χ3n) is 5.27. The molecule has 0 aliphatic carbocycles. The third-order valence-corrected chi connectivity index (χ3v) is 6.82. The number of hydrogen-bond donors (Lipinski definition) is 0. The quantitative estimate of drug-likeness (QED) is 0.148. The molecule has 3 aromatic carbocycles. The van der Waals surface area contributed by atoms with Crippen LogP contribution in [0, 0.1) is 17.0 Å². The van der Waals surface area contributed by atoms with Gasteiger partial charge in [0.15, 0.2) is 16.7 Å². The molecule has 1 heterocycles. The van der Waals surface area contributed by atoms with E-state index < -0.39 is 5.25 Å². The number of ether oxygens (including phenoxy) is 2. The molecule has 0 spiro atoms. The maximum atomic E-state index is 11.5. The molecule has 1 aromatic heterocycles. The zero-order valence-corrected chi connectivity index (χ0v) is 20.7. The van der Waals surface area contributed by atoms with Crippen LogP contribution in [0.25, 0.3) is 5.69 Å². The third kappa shape index (κ3) is 5.93. The molecule has 0 saturated carbocycles. The SMILES string of the molecule is COc1cc([C@@H](C[N+](=O)[O-])Sc2nnc(C)n2-c2ccccc2)ccc1OCc1ccccc1Cl. The lowest BCUT2D eigenvalue weighted by atomic mass is 10.1. The van der Waals surface area contributed by atoms with Crippen molar-refractivity contribution >= 4 is 23.4 Å². The molecule has 35 heavy (non-hydrogen) atoms. The highest BCUT2D eigenvalue weighted by Gasteiger charge is 2.25. The fourth-order valence-corrected chi connectivity index (χ4v) is 4.90. The van der Waals surface area contributed by atoms with Crippen LogP contribution in [-0.2, 0) is 6.61 Å². The van der Waals surface area contributed by atoms with E-state index in [0.29, 0.717) is 33.1 Å². The van der Waals surface area contributed by atoms with Crippen LogP contribution in [0.15, 0.2) is 78.0 Å². The number of nitrogens with zero attached hydrogens (tertiary/aromatic N) is 4. The van der Waals surface area contributed by atoms with E-state index in [4.69, 9.17) is 21.1 Å². The van der Waals surface area contributed by atoms with E-state index >= 15 is 0 Å². The Labute approximate surface area is 212 Å². The number of thioether (sulfide) groups is 1. The number of rotatable bonds is 10. The molecule has 0 N–H and O–H groups in total. The summed E-state index contributed by atoms with van der Waals surface area (Å²) in [5.74, 6) is 1.69. The number of aromatic nitrogens is 3. The maximum Gasteiger partial charge on any atom is 0.220 e. The van der Waals surface area contributed by atoms with E-state index in [1.54, 1.807) is 18.2 Å². The lowest BCUT2D eigenvalue weighted by molar-refractivity contribution is -0.479. The van der Waals surface area contributed by atoms with Crippen molar-refractivity contribution in [3.8, 4) is 17.2 Å². The minimum Gasteiger partial charge on any atom is -0.493 e. The van der Waals surface area contributed by atoms with E-state index in [1.165, 1.54) is 18.9 Å². The summed E-state index contributed by atoms with van der Waals surface area (Å²) in [4.78, 5) is 11.2. The van der Waals surface area contributed by atoms with Gasteiger partial charge in [-0.05, 0) is 42.8 Å². The molecule has 8 nitrogen and oxygen atoms in total. The summed E-state index contributed by atoms with van der Waals surface area (Å²) in [6.07, 6.45) is 0. The molecule has 0 radical (unpaired) electrons. The average molecular weight is 511 g/mol. The summed E-state index contributed by atoms with van der Waals surface area (Å²) in [5, 5.41) is 20.7. The van der Waals surface area contributed by atoms with Crippen LogP contribution in [0.1, 0.15) is 22.2 Å². The van der Waals surface area contributed by atoms with Gasteiger partial charge < -0.3 is 9.47 Å². The first kappa shape index (κ1) is 24.6. The van der Waals surface area contributed by atoms with Gasteiger partial charge in [-0.25, -0.2) is 0 Å². The molecule has 0 saturated heterocycles. The minimum absolute atomic E-state index is 0.266. The van der Waals surface area contributed by atoms with E-state index in [-0.39, 0.29) is 18.1 Å². The van der Waals surface area contributed by atoms with Crippen molar-refractivity contribution in [1.29, 1.82) is 0 Å². The van der Waals surface area contributed by atoms with Gasteiger partial charge in [0.05, 0.1) is 7.11 Å². The predicted octanol–water partition coefficient (Wildman–Crippen LogP) is 5.93. The molecular weight excluding hydrogens is 488 g/mol. The van der Waals surface area contributed by atoms with Gasteiger partial charge in [-0.15, -0.1) is 10.2 Å². The Balaban J connectivity index is 1.61. The molecule has 180 valence electrons. The molecule has 10 heteroatoms. The molecule has 0 aliphatic rings. The van der Waals surface area contributed by atoms with Gasteiger partial charge in [-0.2, -0.15) is 0 Å². The number of methoxy groups -OCH3 is 1. The van der Waals surface area contributed by atoms with Gasteiger partial charge >= 0.3 is 0 Å². The second kappa shape index (κ2) is 11.2. The molecule has 0 aliphatic heterocycles. The van der Waals surface area contributed by atoms with Gasteiger partial charge in [-0.1, -0.05) is 65.8 Å². The number of para-hydroxylation sites is 1. The summed E-state index contributed by atoms with van der Waals surface area (Å²) in [6, 6.07) is 22.4. The monoisotopic (exact) mass is 510 g/mol. The van der Waals surface area contributed by atoms with Crippen LogP contribution in [-0.4, -0.2) is 33.3 Å². The Kier molecular flexibility index (Phi) is 7.89. The van der Waals surface area contributed by atoms with Gasteiger partial charge in [-0.3, -0.25) is 14.7 Å². The first-order chi connectivity index (χ1) is 17.0. The molecule has 0 amide bonds. The van der Waals surface area contributed by atoms with E-state index in [9.17, 15) is 10.1 Å². The molecule has 4 aromatic rings. The number of aryl methyl sites for hydroxylation is 1. The minimum atomic E-state index is -0.525. The lowest BCUT2D eigenvalue weighted by Crippen LogP contribution is -2.11. The second-order valence-electron chi connectivity index (χ2n) is 7.61. The highest BCUT2D eigenvalue weighted by atomic mass is 35.5. The highest BCUT2D eigenvalue weighted by molar-refractivity contribution is 7.99. The number of hydrogen-bond acceptors (Lipinski definition) is 7. The molecule has 4 rings (SSSR count). The Morgan fingerprint density at radius 1 is 1.06 bits per heavy atom. The molecule has 0 fully saturated rings. The van der Waals surface area contributed by atoms with E-state index in [1.807, 2.05) is 66.1 Å². The summed E-state index contributed by atoms with van der Waals surface area (Å²) >= 11 is 7.51.